The van der Waals surface area contributed by atoms with E-state index in [0.29, 0.717) is 6.42 Å². The largest absolute Gasteiger partial charge is 0.502 e. The highest BCUT2D eigenvalue weighted by atomic mass is 32.2. The molecule has 1 atom stereocenters. The van der Waals surface area contributed by atoms with Crippen molar-refractivity contribution in [3.05, 3.63) is 28.3 Å². The Morgan fingerprint density at radius 1 is 1.45 bits per heavy atom. The summed E-state index contributed by atoms with van der Waals surface area (Å²) < 4.78 is 26.1. The summed E-state index contributed by atoms with van der Waals surface area (Å²) in [7, 11) is -4.00. The van der Waals surface area contributed by atoms with Crippen molar-refractivity contribution in [1.82, 2.24) is 4.72 Å². The van der Waals surface area contributed by atoms with Gasteiger partial charge in [-0.25, -0.2) is 13.1 Å². The number of phenols is 1. The molecule has 1 unspecified atom stereocenters. The van der Waals surface area contributed by atoms with Gasteiger partial charge in [0.2, 0.25) is 10.0 Å². The molecule has 0 aromatic heterocycles. The molecule has 0 heterocycles. The molecule has 0 saturated carbocycles. The number of sulfonamides is 1. The summed E-state index contributed by atoms with van der Waals surface area (Å²) in [6.45, 7) is 2.94. The van der Waals surface area contributed by atoms with Gasteiger partial charge in [-0.05, 0) is 25.5 Å². The lowest BCUT2D eigenvalue weighted by molar-refractivity contribution is -0.386. The molecule has 0 aliphatic carbocycles. The zero-order valence-corrected chi connectivity index (χ0v) is 11.8. The van der Waals surface area contributed by atoms with E-state index >= 15 is 0 Å². The number of nitro groups is 1. The number of aromatic hydroxyl groups is 1. The van der Waals surface area contributed by atoms with Crippen molar-refractivity contribution in [1.29, 1.82) is 0 Å². The third-order valence-corrected chi connectivity index (χ3v) is 4.26. The number of phenolic OH excluding ortho intramolecular Hbond substituents is 1. The molecule has 8 nitrogen and oxygen atoms in total. The molecule has 0 aliphatic rings. The first kappa shape index (κ1) is 16.3. The van der Waals surface area contributed by atoms with Crippen LogP contribution in [0.15, 0.2) is 23.1 Å². The van der Waals surface area contributed by atoms with Gasteiger partial charge in [-0.15, -0.1) is 0 Å². The van der Waals surface area contributed by atoms with E-state index in [1.54, 1.807) is 6.92 Å². The van der Waals surface area contributed by atoms with Gasteiger partial charge in [0.15, 0.2) is 5.75 Å². The quantitative estimate of drug-likeness (QED) is 0.525. The molecular formula is C11H16N2O6S. The van der Waals surface area contributed by atoms with E-state index in [1.807, 2.05) is 0 Å². The lowest BCUT2D eigenvalue weighted by Crippen LogP contribution is -2.40. The van der Waals surface area contributed by atoms with Gasteiger partial charge in [0.25, 0.3) is 0 Å². The molecule has 9 heteroatoms. The molecule has 0 fully saturated rings. The summed E-state index contributed by atoms with van der Waals surface area (Å²) in [5.74, 6) is -0.616. The average Bonchev–Trinajstić information content (AvgIpc) is 2.36. The Morgan fingerprint density at radius 2 is 2.05 bits per heavy atom. The van der Waals surface area contributed by atoms with Crippen molar-refractivity contribution in [3.8, 4) is 5.75 Å². The van der Waals surface area contributed by atoms with Gasteiger partial charge < -0.3 is 10.2 Å². The number of nitro benzene ring substituents is 1. The molecule has 0 saturated heterocycles. The fourth-order valence-electron chi connectivity index (χ4n) is 1.28. The number of hydrogen-bond acceptors (Lipinski definition) is 6. The number of hydrogen-bond donors (Lipinski definition) is 3. The molecule has 1 rings (SSSR count). The van der Waals surface area contributed by atoms with Crippen LogP contribution in [0.3, 0.4) is 0 Å². The fourth-order valence-corrected chi connectivity index (χ4v) is 2.46. The molecule has 20 heavy (non-hydrogen) atoms. The van der Waals surface area contributed by atoms with Gasteiger partial charge in [-0.1, -0.05) is 6.92 Å². The molecule has 1 aromatic rings. The second-order valence-electron chi connectivity index (χ2n) is 4.58. The summed E-state index contributed by atoms with van der Waals surface area (Å²) in [5, 5.41) is 29.7. The third-order valence-electron chi connectivity index (χ3n) is 2.86. The zero-order valence-electron chi connectivity index (χ0n) is 11.0. The van der Waals surface area contributed by atoms with Crippen LogP contribution in [0, 0.1) is 10.1 Å². The lowest BCUT2D eigenvalue weighted by Gasteiger charge is -2.21. The highest BCUT2D eigenvalue weighted by molar-refractivity contribution is 7.89. The molecular weight excluding hydrogens is 288 g/mol. The highest BCUT2D eigenvalue weighted by Gasteiger charge is 2.24. The number of rotatable bonds is 6. The van der Waals surface area contributed by atoms with Crippen LogP contribution in [-0.2, 0) is 10.0 Å². The molecule has 0 amide bonds. The number of nitrogens with zero attached hydrogens (tertiary/aromatic N) is 1. The average molecular weight is 304 g/mol. The van der Waals surface area contributed by atoms with E-state index in [1.165, 1.54) is 6.92 Å². The van der Waals surface area contributed by atoms with Crippen molar-refractivity contribution in [2.75, 3.05) is 6.54 Å². The van der Waals surface area contributed by atoms with E-state index in [0.717, 1.165) is 18.2 Å². The van der Waals surface area contributed by atoms with Gasteiger partial charge in [0.1, 0.15) is 0 Å². The normalized spacial score (nSPS) is 14.8. The van der Waals surface area contributed by atoms with Crippen molar-refractivity contribution < 1.29 is 23.6 Å². The Bertz CT molecular complexity index is 611. The maximum Gasteiger partial charge on any atom is 0.312 e. The highest BCUT2D eigenvalue weighted by Crippen LogP contribution is 2.28. The van der Waals surface area contributed by atoms with Crippen LogP contribution < -0.4 is 4.72 Å². The summed E-state index contributed by atoms with van der Waals surface area (Å²) in [6, 6.07) is 2.74. The summed E-state index contributed by atoms with van der Waals surface area (Å²) >= 11 is 0. The zero-order chi connectivity index (χ0) is 15.6. The summed E-state index contributed by atoms with van der Waals surface area (Å²) in [6.07, 6.45) is 0.339. The van der Waals surface area contributed by atoms with Crippen LogP contribution in [0.2, 0.25) is 0 Å². The Hall–Kier alpha value is -1.71. The van der Waals surface area contributed by atoms with E-state index < -0.39 is 32.0 Å². The predicted octanol–water partition coefficient (Wildman–Crippen LogP) is 0.740. The number of nitrogens with one attached hydrogen (secondary N) is 1. The molecule has 112 valence electrons. The second-order valence-corrected chi connectivity index (χ2v) is 6.35. The van der Waals surface area contributed by atoms with Crippen LogP contribution in [0.1, 0.15) is 20.3 Å². The van der Waals surface area contributed by atoms with Crippen LogP contribution in [0.4, 0.5) is 5.69 Å². The first-order chi connectivity index (χ1) is 9.09. The molecule has 0 bridgehead atoms. The monoisotopic (exact) mass is 304 g/mol. The first-order valence-electron chi connectivity index (χ1n) is 5.78. The SMILES string of the molecule is CCC(C)(O)CNS(=O)(=O)c1ccc(O)c([N+](=O)[O-])c1. The first-order valence-corrected chi connectivity index (χ1v) is 7.27. The molecule has 1 aromatic carbocycles. The van der Waals surface area contributed by atoms with E-state index in [-0.39, 0.29) is 11.4 Å². The second kappa shape index (κ2) is 5.73. The van der Waals surface area contributed by atoms with Crippen LogP contribution in [-0.4, -0.2) is 35.7 Å². The molecule has 3 N–H and O–H groups in total. The third kappa shape index (κ3) is 3.89. The Morgan fingerprint density at radius 3 is 2.55 bits per heavy atom. The van der Waals surface area contributed by atoms with E-state index in [2.05, 4.69) is 4.72 Å². The minimum atomic E-state index is -4.00. The van der Waals surface area contributed by atoms with E-state index in [9.17, 15) is 28.7 Å². The minimum Gasteiger partial charge on any atom is -0.502 e. The standard InChI is InChI=1S/C11H16N2O6S/c1-3-11(2,15)7-12-20(18,19)8-4-5-10(14)9(6-8)13(16)17/h4-6,12,14-15H,3,7H2,1-2H3. The van der Waals surface area contributed by atoms with Crippen LogP contribution in [0.25, 0.3) is 0 Å². The number of aliphatic hydroxyl groups is 1. The maximum absolute atomic E-state index is 12.0. The Balaban J connectivity index is 3.05. The smallest absolute Gasteiger partial charge is 0.312 e. The minimum absolute atomic E-state index is 0.222. The molecule has 0 spiro atoms. The lowest BCUT2D eigenvalue weighted by atomic mass is 10.1. The van der Waals surface area contributed by atoms with Crippen LogP contribution >= 0.6 is 0 Å². The molecule has 0 radical (unpaired) electrons. The van der Waals surface area contributed by atoms with Gasteiger partial charge >= 0.3 is 5.69 Å². The Kier molecular flexibility index (Phi) is 4.69. The van der Waals surface area contributed by atoms with Gasteiger partial charge in [0.05, 0.1) is 15.4 Å². The summed E-state index contributed by atoms with van der Waals surface area (Å²) in [5.41, 5.74) is -1.91. The topological polar surface area (TPSA) is 130 Å². The van der Waals surface area contributed by atoms with Crippen LogP contribution in [0.5, 0.6) is 5.75 Å². The van der Waals surface area contributed by atoms with Crippen molar-refractivity contribution in [3.63, 3.8) is 0 Å². The Labute approximate surface area is 116 Å². The van der Waals surface area contributed by atoms with E-state index in [4.69, 9.17) is 0 Å². The van der Waals surface area contributed by atoms with Crippen molar-refractivity contribution in [2.24, 2.45) is 0 Å². The van der Waals surface area contributed by atoms with Gasteiger partial charge in [-0.3, -0.25) is 10.1 Å². The summed E-state index contributed by atoms with van der Waals surface area (Å²) in [4.78, 5) is 9.42. The maximum atomic E-state index is 12.0. The van der Waals surface area contributed by atoms with Crippen molar-refractivity contribution >= 4 is 15.7 Å². The fraction of sp³-hybridized carbons (Fsp3) is 0.455. The predicted molar refractivity (Wildman–Crippen MR) is 70.9 cm³/mol. The van der Waals surface area contributed by atoms with Crippen molar-refractivity contribution in [2.45, 2.75) is 30.8 Å². The number of benzene rings is 1. The van der Waals surface area contributed by atoms with Gasteiger partial charge in [0, 0.05) is 12.6 Å². The van der Waals surface area contributed by atoms with Gasteiger partial charge in [-0.2, -0.15) is 0 Å². The molecule has 0 aliphatic heterocycles.